The molecule has 4 aromatic rings. The van der Waals surface area contributed by atoms with Crippen LogP contribution in [0, 0.1) is 0 Å². The Hall–Kier alpha value is -4.34. The smallest absolute Gasteiger partial charge is 0.247 e. The van der Waals surface area contributed by atoms with Crippen LogP contribution in [0.25, 0.3) is 0 Å². The number of benzene rings is 3. The standard InChI is InChI=1S/C31H32N4O4S/c1-40(38,39)34(22-26-11-5-2-6-12-26)24-29(36)35(23-27-13-7-3-8-14-27)30(28-15-9-4-10-16-28)31(37)33-21-25-17-19-32-20-18-25/h2-20,30H,21-24H2,1H3,(H,33,37). The number of aromatic nitrogens is 1. The highest BCUT2D eigenvalue weighted by Crippen LogP contribution is 2.25. The van der Waals surface area contributed by atoms with E-state index in [1.54, 1.807) is 36.7 Å². The molecule has 0 saturated heterocycles. The molecule has 0 bridgehead atoms. The van der Waals surface area contributed by atoms with Crippen LogP contribution >= 0.6 is 0 Å². The molecule has 40 heavy (non-hydrogen) atoms. The van der Waals surface area contributed by atoms with Gasteiger partial charge in [-0.3, -0.25) is 14.6 Å². The zero-order chi connectivity index (χ0) is 28.4. The third-order valence-corrected chi connectivity index (χ3v) is 7.59. The predicted octanol–water partition coefficient (Wildman–Crippen LogP) is 3.93. The number of hydrogen-bond acceptors (Lipinski definition) is 5. The number of carbonyl (C=O) groups is 2. The highest BCUT2D eigenvalue weighted by atomic mass is 32.2. The van der Waals surface area contributed by atoms with Crippen LogP contribution in [0.4, 0.5) is 0 Å². The molecule has 0 aliphatic rings. The number of nitrogens with zero attached hydrogens (tertiary/aromatic N) is 3. The van der Waals surface area contributed by atoms with Crippen LogP contribution in [0.3, 0.4) is 0 Å². The molecule has 206 valence electrons. The zero-order valence-corrected chi connectivity index (χ0v) is 23.1. The van der Waals surface area contributed by atoms with Crippen LogP contribution in [-0.2, 0) is 39.2 Å². The summed E-state index contributed by atoms with van der Waals surface area (Å²) in [4.78, 5) is 33.3. The van der Waals surface area contributed by atoms with Gasteiger partial charge < -0.3 is 10.2 Å². The fourth-order valence-electron chi connectivity index (χ4n) is 4.32. The van der Waals surface area contributed by atoms with Crippen molar-refractivity contribution in [3.63, 3.8) is 0 Å². The Bertz CT molecular complexity index is 1490. The van der Waals surface area contributed by atoms with Gasteiger partial charge in [-0.2, -0.15) is 4.31 Å². The monoisotopic (exact) mass is 556 g/mol. The Morgan fingerprint density at radius 3 is 1.82 bits per heavy atom. The lowest BCUT2D eigenvalue weighted by Gasteiger charge is -2.33. The lowest BCUT2D eigenvalue weighted by molar-refractivity contribution is -0.141. The van der Waals surface area contributed by atoms with E-state index in [4.69, 9.17) is 0 Å². The van der Waals surface area contributed by atoms with Gasteiger partial charge >= 0.3 is 0 Å². The third-order valence-electron chi connectivity index (χ3n) is 6.39. The molecule has 3 aromatic carbocycles. The largest absolute Gasteiger partial charge is 0.350 e. The maximum atomic E-state index is 14.0. The minimum atomic E-state index is -3.74. The van der Waals surface area contributed by atoms with Crippen molar-refractivity contribution in [2.45, 2.75) is 25.7 Å². The summed E-state index contributed by atoms with van der Waals surface area (Å²) in [7, 11) is -3.74. The van der Waals surface area contributed by atoms with Crippen molar-refractivity contribution in [2.24, 2.45) is 0 Å². The SMILES string of the molecule is CS(=O)(=O)N(CC(=O)N(Cc1ccccc1)C(C(=O)NCc1ccncc1)c1ccccc1)Cc1ccccc1. The molecule has 1 N–H and O–H groups in total. The summed E-state index contributed by atoms with van der Waals surface area (Å²) in [5.41, 5.74) is 3.05. The predicted molar refractivity (Wildman–Crippen MR) is 154 cm³/mol. The maximum absolute atomic E-state index is 14.0. The van der Waals surface area contributed by atoms with Crippen molar-refractivity contribution in [3.8, 4) is 0 Å². The van der Waals surface area contributed by atoms with Gasteiger partial charge in [0.05, 0.1) is 12.8 Å². The summed E-state index contributed by atoms with van der Waals surface area (Å²) in [6.45, 7) is -0.0112. The number of carbonyl (C=O) groups excluding carboxylic acids is 2. The van der Waals surface area contributed by atoms with E-state index >= 15 is 0 Å². The number of amides is 2. The molecule has 0 saturated carbocycles. The van der Waals surface area contributed by atoms with E-state index < -0.39 is 28.5 Å². The molecule has 0 fully saturated rings. The Balaban J connectivity index is 1.68. The van der Waals surface area contributed by atoms with Crippen molar-refractivity contribution in [1.29, 1.82) is 0 Å². The quantitative estimate of drug-likeness (QED) is 0.285. The Morgan fingerprint density at radius 1 is 0.750 bits per heavy atom. The first-order valence-corrected chi connectivity index (χ1v) is 14.7. The van der Waals surface area contributed by atoms with Crippen LogP contribution < -0.4 is 5.32 Å². The molecule has 0 radical (unpaired) electrons. The summed E-state index contributed by atoms with van der Waals surface area (Å²) in [5, 5.41) is 2.95. The summed E-state index contributed by atoms with van der Waals surface area (Å²) < 4.78 is 26.7. The first kappa shape index (κ1) is 28.7. The van der Waals surface area contributed by atoms with Crippen molar-refractivity contribution in [3.05, 3.63) is 138 Å². The van der Waals surface area contributed by atoms with E-state index in [0.29, 0.717) is 5.56 Å². The molecule has 0 aliphatic heterocycles. The van der Waals surface area contributed by atoms with Gasteiger partial charge in [0.15, 0.2) is 0 Å². The van der Waals surface area contributed by atoms with Gasteiger partial charge in [0.2, 0.25) is 21.8 Å². The molecule has 1 heterocycles. The molecule has 0 aliphatic carbocycles. The maximum Gasteiger partial charge on any atom is 0.247 e. The fourth-order valence-corrected chi connectivity index (χ4v) is 5.05. The van der Waals surface area contributed by atoms with E-state index in [1.807, 2.05) is 78.9 Å². The molecule has 0 spiro atoms. The highest BCUT2D eigenvalue weighted by Gasteiger charge is 2.33. The average Bonchev–Trinajstić information content (AvgIpc) is 2.97. The Labute approximate surface area is 235 Å². The molecule has 1 atom stereocenters. The topological polar surface area (TPSA) is 99.7 Å². The van der Waals surface area contributed by atoms with E-state index in [-0.39, 0.29) is 25.5 Å². The summed E-state index contributed by atoms with van der Waals surface area (Å²) in [5.74, 6) is -0.862. The molecule has 1 unspecified atom stereocenters. The zero-order valence-electron chi connectivity index (χ0n) is 22.3. The molecule has 2 amide bonds. The first-order chi connectivity index (χ1) is 19.3. The summed E-state index contributed by atoms with van der Waals surface area (Å²) >= 11 is 0. The van der Waals surface area contributed by atoms with E-state index in [9.17, 15) is 18.0 Å². The minimum Gasteiger partial charge on any atom is -0.350 e. The van der Waals surface area contributed by atoms with Gasteiger partial charge in [-0.15, -0.1) is 0 Å². The van der Waals surface area contributed by atoms with Gasteiger partial charge in [0.1, 0.15) is 6.04 Å². The van der Waals surface area contributed by atoms with Gasteiger partial charge in [-0.25, -0.2) is 8.42 Å². The average molecular weight is 557 g/mol. The Morgan fingerprint density at radius 2 is 1.27 bits per heavy atom. The lowest BCUT2D eigenvalue weighted by atomic mass is 10.0. The van der Waals surface area contributed by atoms with Gasteiger partial charge in [0.25, 0.3) is 0 Å². The van der Waals surface area contributed by atoms with Gasteiger partial charge in [0, 0.05) is 32.0 Å². The molecular weight excluding hydrogens is 524 g/mol. The molecular formula is C31H32N4O4S. The molecule has 9 heteroatoms. The van der Waals surface area contributed by atoms with Gasteiger partial charge in [-0.1, -0.05) is 91.0 Å². The summed E-state index contributed by atoms with van der Waals surface area (Å²) in [6.07, 6.45) is 4.38. The van der Waals surface area contributed by atoms with Crippen molar-refractivity contribution in [2.75, 3.05) is 12.8 Å². The number of hydrogen-bond donors (Lipinski definition) is 1. The highest BCUT2D eigenvalue weighted by molar-refractivity contribution is 7.88. The van der Waals surface area contributed by atoms with Gasteiger partial charge in [-0.05, 0) is 34.4 Å². The fraction of sp³-hybridized carbons (Fsp3) is 0.194. The molecule has 4 rings (SSSR count). The van der Waals surface area contributed by atoms with E-state index in [0.717, 1.165) is 27.3 Å². The number of pyridine rings is 1. The van der Waals surface area contributed by atoms with Crippen LogP contribution in [-0.4, -0.2) is 47.2 Å². The van der Waals surface area contributed by atoms with E-state index in [2.05, 4.69) is 10.3 Å². The second-order valence-corrected chi connectivity index (χ2v) is 11.4. The van der Waals surface area contributed by atoms with E-state index in [1.165, 1.54) is 4.90 Å². The second-order valence-electron chi connectivity index (χ2n) is 9.41. The van der Waals surface area contributed by atoms with Crippen LogP contribution in [0.15, 0.2) is 116 Å². The third kappa shape index (κ3) is 8.08. The number of sulfonamides is 1. The number of rotatable bonds is 12. The van der Waals surface area contributed by atoms with Crippen molar-refractivity contribution >= 4 is 21.8 Å². The van der Waals surface area contributed by atoms with Crippen molar-refractivity contribution < 1.29 is 18.0 Å². The van der Waals surface area contributed by atoms with Crippen molar-refractivity contribution in [1.82, 2.24) is 19.5 Å². The first-order valence-electron chi connectivity index (χ1n) is 12.9. The molecule has 1 aromatic heterocycles. The lowest BCUT2D eigenvalue weighted by Crippen LogP contribution is -2.47. The van der Waals surface area contributed by atoms with Crippen LogP contribution in [0.5, 0.6) is 0 Å². The molecule has 8 nitrogen and oxygen atoms in total. The van der Waals surface area contributed by atoms with Crippen LogP contribution in [0.2, 0.25) is 0 Å². The normalized spacial score (nSPS) is 12.1. The number of nitrogens with one attached hydrogen (secondary N) is 1. The second kappa shape index (κ2) is 13.6. The minimum absolute atomic E-state index is 0.0365. The van der Waals surface area contributed by atoms with Crippen LogP contribution in [0.1, 0.15) is 28.3 Å². The Kier molecular flexibility index (Phi) is 9.77. The summed E-state index contributed by atoms with van der Waals surface area (Å²) in [6, 6.07) is 30.1.